The molecule has 0 unspecified atom stereocenters. The van der Waals surface area contributed by atoms with E-state index in [4.69, 9.17) is 4.74 Å². The fourth-order valence-corrected chi connectivity index (χ4v) is 2.71. The molecule has 0 atom stereocenters. The number of imidazole rings is 1. The molecule has 0 aliphatic carbocycles. The highest BCUT2D eigenvalue weighted by molar-refractivity contribution is 5.95. The van der Waals surface area contributed by atoms with Crippen molar-refractivity contribution in [2.24, 2.45) is 0 Å². The first-order valence-corrected chi connectivity index (χ1v) is 6.70. The van der Waals surface area contributed by atoms with E-state index in [0.29, 0.717) is 11.4 Å². The van der Waals surface area contributed by atoms with Gasteiger partial charge in [0, 0.05) is 18.2 Å². The summed E-state index contributed by atoms with van der Waals surface area (Å²) in [6, 6.07) is 3.14. The van der Waals surface area contributed by atoms with Crippen LogP contribution in [0.1, 0.15) is 35.1 Å². The Bertz CT molecular complexity index is 644. The number of nitrogens with zero attached hydrogens (tertiary/aromatic N) is 2. The summed E-state index contributed by atoms with van der Waals surface area (Å²) in [5.41, 5.74) is 0.849. The molecule has 0 aromatic carbocycles. The highest BCUT2D eigenvalue weighted by atomic mass is 16.5. The number of methoxy groups -OCH3 is 1. The minimum absolute atomic E-state index is 0.111. The maximum Gasteiger partial charge on any atom is 0.358 e. The minimum Gasteiger partial charge on any atom is -0.508 e. The quantitative estimate of drug-likeness (QED) is 0.808. The molecule has 1 aliphatic heterocycles. The Kier molecular flexibility index (Phi) is 3.31. The normalized spacial score (nSPS) is 16.4. The zero-order chi connectivity index (χ0) is 14.1. The summed E-state index contributed by atoms with van der Waals surface area (Å²) in [6.07, 6.45) is 3.72. The molecule has 1 aliphatic rings. The summed E-state index contributed by atoms with van der Waals surface area (Å²) in [5.74, 6) is 0.807. The van der Waals surface area contributed by atoms with Crippen LogP contribution in [0.3, 0.4) is 0 Å². The number of fused-ring (bicyclic) bond motifs is 1. The summed E-state index contributed by atoms with van der Waals surface area (Å²) in [6.45, 7) is 1.90. The van der Waals surface area contributed by atoms with Crippen LogP contribution in [0.2, 0.25) is 0 Å². The first-order chi connectivity index (χ1) is 9.70. The molecule has 0 radical (unpaired) electrons. The lowest BCUT2D eigenvalue weighted by atomic mass is 9.97. The van der Waals surface area contributed by atoms with Gasteiger partial charge in [-0.05, 0) is 32.0 Å². The van der Waals surface area contributed by atoms with Gasteiger partial charge in [-0.25, -0.2) is 9.78 Å². The summed E-state index contributed by atoms with van der Waals surface area (Å²) < 4.78 is 6.65. The predicted molar refractivity (Wildman–Crippen MR) is 73.0 cm³/mol. The van der Waals surface area contributed by atoms with Crippen molar-refractivity contribution in [2.75, 3.05) is 20.2 Å². The van der Waals surface area contributed by atoms with Gasteiger partial charge in [0.25, 0.3) is 0 Å². The lowest BCUT2D eigenvalue weighted by Gasteiger charge is -2.21. The number of ether oxygens (including phenoxy) is 1. The molecule has 6 heteroatoms. The number of hydrogen-bond acceptors (Lipinski definition) is 5. The van der Waals surface area contributed by atoms with Crippen molar-refractivity contribution in [3.63, 3.8) is 0 Å². The van der Waals surface area contributed by atoms with E-state index in [2.05, 4.69) is 10.3 Å². The third kappa shape index (κ3) is 2.12. The number of hydrogen-bond donors (Lipinski definition) is 2. The molecule has 3 rings (SSSR count). The van der Waals surface area contributed by atoms with E-state index in [9.17, 15) is 9.90 Å². The van der Waals surface area contributed by atoms with E-state index in [-0.39, 0.29) is 11.4 Å². The Balaban J connectivity index is 2.14. The summed E-state index contributed by atoms with van der Waals surface area (Å²) in [4.78, 5) is 16.3. The molecule has 3 heterocycles. The summed E-state index contributed by atoms with van der Waals surface area (Å²) >= 11 is 0. The second-order valence-electron chi connectivity index (χ2n) is 4.97. The Morgan fingerprint density at radius 3 is 2.95 bits per heavy atom. The number of nitrogens with one attached hydrogen (secondary N) is 1. The average Bonchev–Trinajstić information content (AvgIpc) is 2.86. The molecule has 1 fully saturated rings. The number of piperidine rings is 1. The lowest BCUT2D eigenvalue weighted by Crippen LogP contribution is -2.27. The van der Waals surface area contributed by atoms with Gasteiger partial charge in [0.1, 0.15) is 11.6 Å². The molecule has 0 amide bonds. The Morgan fingerprint density at radius 2 is 2.25 bits per heavy atom. The number of carbonyl (C=O) groups is 1. The highest BCUT2D eigenvalue weighted by Gasteiger charge is 2.24. The van der Waals surface area contributed by atoms with Gasteiger partial charge < -0.3 is 19.6 Å². The number of rotatable bonds is 2. The van der Waals surface area contributed by atoms with Gasteiger partial charge in [-0.15, -0.1) is 0 Å². The van der Waals surface area contributed by atoms with Crippen molar-refractivity contribution < 1.29 is 14.6 Å². The van der Waals surface area contributed by atoms with E-state index in [0.717, 1.165) is 31.8 Å². The Hall–Kier alpha value is -2.08. The van der Waals surface area contributed by atoms with Crippen molar-refractivity contribution >= 4 is 11.5 Å². The van der Waals surface area contributed by atoms with Crippen LogP contribution in [0.25, 0.3) is 5.52 Å². The van der Waals surface area contributed by atoms with Crippen LogP contribution in [0.5, 0.6) is 5.75 Å². The van der Waals surface area contributed by atoms with Gasteiger partial charge in [-0.1, -0.05) is 0 Å². The van der Waals surface area contributed by atoms with E-state index in [1.54, 1.807) is 18.3 Å². The number of carbonyl (C=O) groups excluding carboxylic acids is 1. The van der Waals surface area contributed by atoms with Crippen LogP contribution in [-0.2, 0) is 4.74 Å². The van der Waals surface area contributed by atoms with E-state index < -0.39 is 5.97 Å². The van der Waals surface area contributed by atoms with E-state index >= 15 is 0 Å². The van der Waals surface area contributed by atoms with Gasteiger partial charge in [-0.3, -0.25) is 0 Å². The summed E-state index contributed by atoms with van der Waals surface area (Å²) in [7, 11) is 1.33. The molecular formula is C14H17N3O3. The largest absolute Gasteiger partial charge is 0.508 e. The molecule has 6 nitrogen and oxygen atoms in total. The standard InChI is InChI=1S/C14H17N3O3/c1-20-14(19)12-11-8-10(18)4-7-17(11)13(16-12)9-2-5-15-6-3-9/h4,7-9,15,18H,2-3,5-6H2,1H3. The third-order valence-corrected chi connectivity index (χ3v) is 3.74. The van der Waals surface area contributed by atoms with Crippen LogP contribution in [0.15, 0.2) is 18.3 Å². The minimum atomic E-state index is -0.478. The molecule has 106 valence electrons. The molecule has 0 bridgehead atoms. The first-order valence-electron chi connectivity index (χ1n) is 6.70. The van der Waals surface area contributed by atoms with Crippen molar-refractivity contribution in [3.8, 4) is 5.75 Å². The average molecular weight is 275 g/mol. The van der Waals surface area contributed by atoms with Gasteiger partial charge >= 0.3 is 5.97 Å². The van der Waals surface area contributed by atoms with Crippen LogP contribution in [0, 0.1) is 0 Å². The van der Waals surface area contributed by atoms with E-state index in [1.165, 1.54) is 7.11 Å². The number of esters is 1. The fraction of sp³-hybridized carbons (Fsp3) is 0.429. The molecule has 0 spiro atoms. The molecular weight excluding hydrogens is 258 g/mol. The van der Waals surface area contributed by atoms with E-state index in [1.807, 2.05) is 4.40 Å². The molecule has 2 aromatic heterocycles. The van der Waals surface area contributed by atoms with Gasteiger partial charge in [0.05, 0.1) is 12.6 Å². The smallest absolute Gasteiger partial charge is 0.358 e. The van der Waals surface area contributed by atoms with Gasteiger partial charge in [0.15, 0.2) is 5.69 Å². The summed E-state index contributed by atoms with van der Waals surface area (Å²) in [5, 5.41) is 12.9. The Morgan fingerprint density at radius 1 is 1.50 bits per heavy atom. The highest BCUT2D eigenvalue weighted by Crippen LogP contribution is 2.28. The van der Waals surface area contributed by atoms with Crippen molar-refractivity contribution in [1.29, 1.82) is 0 Å². The first kappa shape index (κ1) is 12.9. The molecule has 1 saturated heterocycles. The van der Waals surface area contributed by atoms with Crippen LogP contribution in [0.4, 0.5) is 0 Å². The Labute approximate surface area is 116 Å². The van der Waals surface area contributed by atoms with Gasteiger partial charge in [-0.2, -0.15) is 0 Å². The van der Waals surface area contributed by atoms with Crippen LogP contribution >= 0.6 is 0 Å². The van der Waals surface area contributed by atoms with Gasteiger partial charge in [0.2, 0.25) is 0 Å². The number of aromatic hydroxyl groups is 1. The number of pyridine rings is 1. The second kappa shape index (κ2) is 5.13. The van der Waals surface area contributed by atoms with Crippen LogP contribution < -0.4 is 5.32 Å². The molecule has 0 saturated carbocycles. The lowest BCUT2D eigenvalue weighted by molar-refractivity contribution is 0.0596. The second-order valence-corrected chi connectivity index (χ2v) is 4.97. The predicted octanol–water partition coefficient (Wildman–Crippen LogP) is 1.29. The monoisotopic (exact) mass is 275 g/mol. The molecule has 2 aromatic rings. The fourth-order valence-electron chi connectivity index (χ4n) is 2.71. The van der Waals surface area contributed by atoms with Crippen molar-refractivity contribution in [3.05, 3.63) is 29.8 Å². The SMILES string of the molecule is COC(=O)c1nc(C2CCNCC2)n2ccc(O)cc12. The van der Waals surface area contributed by atoms with Crippen LogP contribution in [-0.4, -0.2) is 40.7 Å². The van der Waals surface area contributed by atoms with Crippen molar-refractivity contribution in [1.82, 2.24) is 14.7 Å². The zero-order valence-electron chi connectivity index (χ0n) is 11.3. The maximum absolute atomic E-state index is 11.8. The topological polar surface area (TPSA) is 75.9 Å². The van der Waals surface area contributed by atoms with Crippen molar-refractivity contribution in [2.45, 2.75) is 18.8 Å². The maximum atomic E-state index is 11.8. The molecule has 20 heavy (non-hydrogen) atoms. The number of aromatic nitrogens is 2. The molecule has 2 N–H and O–H groups in total. The third-order valence-electron chi connectivity index (χ3n) is 3.74. The zero-order valence-corrected chi connectivity index (χ0v) is 11.3.